The molecule has 0 aromatic heterocycles. The maximum atomic E-state index is 12.5. The highest BCUT2D eigenvalue weighted by atomic mass is 16.5. The quantitative estimate of drug-likeness (QED) is 0.0320. The first-order chi connectivity index (χ1) is 37.0. The number of allylic oxidation sites excluding steroid dienone is 4. The highest BCUT2D eigenvalue weighted by molar-refractivity contribution is 5.76. The fourth-order valence-corrected chi connectivity index (χ4v) is 10.8. The van der Waals surface area contributed by atoms with E-state index < -0.39 is 12.1 Å². The molecule has 0 aliphatic rings. The number of aliphatic hydroxyl groups excluding tert-OH is 2. The predicted molar refractivity (Wildman–Crippen MR) is 329 cm³/mol. The van der Waals surface area contributed by atoms with Crippen LogP contribution in [0.1, 0.15) is 380 Å². The van der Waals surface area contributed by atoms with E-state index in [9.17, 15) is 19.8 Å². The summed E-state index contributed by atoms with van der Waals surface area (Å²) < 4.78 is 5.50. The molecule has 444 valence electrons. The third kappa shape index (κ3) is 61.4. The SMILES string of the molecule is CCCCCC/C=C\C/C=C\CCCCCCCCCC(=O)OCCCCCCCCCCCCCCCCCCCCCCC(=O)NC(CO)C(O)CCCCCCCCCCCCCCCCCCCCCC. The number of hydrogen-bond acceptors (Lipinski definition) is 5. The van der Waals surface area contributed by atoms with Gasteiger partial charge in [-0.2, -0.15) is 0 Å². The lowest BCUT2D eigenvalue weighted by molar-refractivity contribution is -0.143. The summed E-state index contributed by atoms with van der Waals surface area (Å²) in [5, 5.41) is 23.4. The van der Waals surface area contributed by atoms with Crippen LogP contribution in [-0.2, 0) is 14.3 Å². The molecule has 2 atom stereocenters. The van der Waals surface area contributed by atoms with E-state index in [4.69, 9.17) is 4.74 Å². The van der Waals surface area contributed by atoms with E-state index >= 15 is 0 Å². The lowest BCUT2D eigenvalue weighted by Gasteiger charge is -2.22. The van der Waals surface area contributed by atoms with Crippen LogP contribution in [0.25, 0.3) is 0 Å². The number of nitrogens with one attached hydrogen (secondary N) is 1. The monoisotopic (exact) mass is 1060 g/mol. The van der Waals surface area contributed by atoms with Gasteiger partial charge in [-0.1, -0.05) is 334 Å². The Bertz CT molecular complexity index is 1170. The van der Waals surface area contributed by atoms with Gasteiger partial charge < -0.3 is 20.3 Å². The molecule has 2 unspecified atom stereocenters. The summed E-state index contributed by atoms with van der Waals surface area (Å²) in [6.45, 7) is 4.96. The number of rotatable bonds is 64. The topological polar surface area (TPSA) is 95.9 Å². The summed E-state index contributed by atoms with van der Waals surface area (Å²) in [7, 11) is 0. The number of ether oxygens (including phenoxy) is 1. The molecule has 6 nitrogen and oxygen atoms in total. The molecule has 0 radical (unpaired) electrons. The molecule has 0 rings (SSSR count). The van der Waals surface area contributed by atoms with E-state index in [1.165, 1.54) is 295 Å². The number of hydrogen-bond donors (Lipinski definition) is 3. The second kappa shape index (κ2) is 64.9. The fraction of sp³-hybridized carbons (Fsp3) is 0.913. The normalized spacial score (nSPS) is 12.6. The summed E-state index contributed by atoms with van der Waals surface area (Å²) in [6.07, 6.45) is 80.6. The Hall–Kier alpha value is -1.66. The molecular formula is C69H133NO5. The lowest BCUT2D eigenvalue weighted by Crippen LogP contribution is -2.45. The minimum Gasteiger partial charge on any atom is -0.466 e. The Kier molecular flexibility index (Phi) is 63.4. The number of amides is 1. The van der Waals surface area contributed by atoms with Crippen LogP contribution in [0.4, 0.5) is 0 Å². The highest BCUT2D eigenvalue weighted by Crippen LogP contribution is 2.19. The van der Waals surface area contributed by atoms with Crippen LogP contribution in [0.15, 0.2) is 24.3 Å². The van der Waals surface area contributed by atoms with Gasteiger partial charge in [0, 0.05) is 12.8 Å². The van der Waals surface area contributed by atoms with Crippen molar-refractivity contribution in [3.63, 3.8) is 0 Å². The van der Waals surface area contributed by atoms with Crippen molar-refractivity contribution in [1.29, 1.82) is 0 Å². The molecule has 0 heterocycles. The van der Waals surface area contributed by atoms with Gasteiger partial charge in [0.25, 0.3) is 0 Å². The number of carbonyl (C=O) groups excluding carboxylic acids is 2. The predicted octanol–water partition coefficient (Wildman–Crippen LogP) is 21.8. The van der Waals surface area contributed by atoms with E-state index in [0.29, 0.717) is 25.9 Å². The minimum atomic E-state index is -0.667. The van der Waals surface area contributed by atoms with Crippen molar-refractivity contribution in [2.45, 2.75) is 392 Å². The zero-order valence-corrected chi connectivity index (χ0v) is 50.8. The molecule has 0 aromatic rings. The van der Waals surface area contributed by atoms with Crippen LogP contribution >= 0.6 is 0 Å². The minimum absolute atomic E-state index is 0.00426. The highest BCUT2D eigenvalue weighted by Gasteiger charge is 2.20. The molecule has 0 bridgehead atoms. The molecule has 0 fully saturated rings. The van der Waals surface area contributed by atoms with Crippen molar-refractivity contribution >= 4 is 11.9 Å². The molecule has 0 saturated carbocycles. The zero-order chi connectivity index (χ0) is 54.3. The standard InChI is InChI=1S/C69H133NO5/c1-3-5-7-9-11-13-15-17-19-21-23-26-29-33-37-41-45-49-53-57-61-67(72)66(65-71)70-68(73)62-58-54-50-46-42-38-34-30-27-24-25-28-32-36-40-44-48-52-56-60-64-75-69(74)63-59-55-51-47-43-39-35-31-22-20-18-16-14-12-10-8-6-4-2/h14,16,20,22,66-67,71-72H,3-13,15,17-19,21,23-65H2,1-2H3,(H,70,73)/b16-14-,22-20-. The second-order valence-corrected chi connectivity index (χ2v) is 23.5. The van der Waals surface area contributed by atoms with Crippen LogP contribution in [0.3, 0.4) is 0 Å². The fourth-order valence-electron chi connectivity index (χ4n) is 10.8. The van der Waals surface area contributed by atoms with Crippen molar-refractivity contribution < 1.29 is 24.5 Å². The Morgan fingerprint density at radius 1 is 0.373 bits per heavy atom. The van der Waals surface area contributed by atoms with Crippen molar-refractivity contribution in [2.75, 3.05) is 13.2 Å². The zero-order valence-electron chi connectivity index (χ0n) is 50.8. The molecule has 6 heteroatoms. The average molecular weight is 1060 g/mol. The van der Waals surface area contributed by atoms with Gasteiger partial charge in [-0.25, -0.2) is 0 Å². The summed E-state index contributed by atoms with van der Waals surface area (Å²) in [5.41, 5.74) is 0. The molecular weight excluding hydrogens is 923 g/mol. The largest absolute Gasteiger partial charge is 0.466 e. The first-order valence-electron chi connectivity index (χ1n) is 34.1. The third-order valence-corrected chi connectivity index (χ3v) is 16.0. The van der Waals surface area contributed by atoms with Crippen LogP contribution in [0.5, 0.6) is 0 Å². The van der Waals surface area contributed by atoms with Gasteiger partial charge in [0.15, 0.2) is 0 Å². The van der Waals surface area contributed by atoms with Crippen molar-refractivity contribution in [3.05, 3.63) is 24.3 Å². The van der Waals surface area contributed by atoms with Gasteiger partial charge in [-0.05, 0) is 57.8 Å². The van der Waals surface area contributed by atoms with Crippen molar-refractivity contribution in [2.24, 2.45) is 0 Å². The van der Waals surface area contributed by atoms with Gasteiger partial charge >= 0.3 is 5.97 Å². The smallest absolute Gasteiger partial charge is 0.305 e. The van der Waals surface area contributed by atoms with E-state index in [2.05, 4.69) is 43.5 Å². The first-order valence-corrected chi connectivity index (χ1v) is 34.1. The van der Waals surface area contributed by atoms with E-state index in [1.807, 2.05) is 0 Å². The summed E-state index contributed by atoms with van der Waals surface area (Å²) in [5.74, 6) is -0.0288. The molecule has 3 N–H and O–H groups in total. The van der Waals surface area contributed by atoms with Gasteiger partial charge in [0.05, 0.1) is 25.4 Å². The van der Waals surface area contributed by atoms with Crippen LogP contribution < -0.4 is 5.32 Å². The molecule has 0 spiro atoms. The van der Waals surface area contributed by atoms with Crippen LogP contribution in [-0.4, -0.2) is 47.4 Å². The Labute approximate surface area is 469 Å². The lowest BCUT2D eigenvalue weighted by atomic mass is 10.0. The molecule has 0 saturated heterocycles. The Morgan fingerprint density at radius 2 is 0.667 bits per heavy atom. The van der Waals surface area contributed by atoms with Gasteiger partial charge in [-0.3, -0.25) is 9.59 Å². The summed E-state index contributed by atoms with van der Waals surface area (Å²) in [4.78, 5) is 24.6. The molecule has 0 aromatic carbocycles. The number of esters is 1. The third-order valence-electron chi connectivity index (χ3n) is 16.0. The van der Waals surface area contributed by atoms with Crippen molar-refractivity contribution in [3.8, 4) is 0 Å². The maximum Gasteiger partial charge on any atom is 0.305 e. The summed E-state index contributed by atoms with van der Waals surface area (Å²) >= 11 is 0. The van der Waals surface area contributed by atoms with Gasteiger partial charge in [-0.15, -0.1) is 0 Å². The second-order valence-electron chi connectivity index (χ2n) is 23.5. The number of carbonyl (C=O) groups is 2. The van der Waals surface area contributed by atoms with E-state index in [1.54, 1.807) is 0 Å². The maximum absolute atomic E-state index is 12.5. The average Bonchev–Trinajstić information content (AvgIpc) is 3.41. The number of aliphatic hydroxyl groups is 2. The molecule has 1 amide bonds. The number of unbranched alkanes of at least 4 members (excludes halogenated alkanes) is 49. The van der Waals surface area contributed by atoms with Crippen LogP contribution in [0.2, 0.25) is 0 Å². The van der Waals surface area contributed by atoms with E-state index in [0.717, 1.165) is 51.4 Å². The van der Waals surface area contributed by atoms with E-state index in [-0.39, 0.29) is 18.5 Å². The van der Waals surface area contributed by atoms with Gasteiger partial charge in [0.1, 0.15) is 0 Å². The molecule has 0 aliphatic heterocycles. The molecule has 75 heavy (non-hydrogen) atoms. The first kappa shape index (κ1) is 73.3. The summed E-state index contributed by atoms with van der Waals surface area (Å²) in [6, 6.07) is -0.544. The van der Waals surface area contributed by atoms with Gasteiger partial charge in [0.2, 0.25) is 5.91 Å². The Morgan fingerprint density at radius 3 is 1.03 bits per heavy atom. The van der Waals surface area contributed by atoms with Crippen molar-refractivity contribution in [1.82, 2.24) is 5.32 Å². The van der Waals surface area contributed by atoms with Crippen LogP contribution in [0, 0.1) is 0 Å². The molecule has 0 aliphatic carbocycles. The Balaban J connectivity index is 3.39.